The molecule has 0 bridgehead atoms. The van der Waals surface area contributed by atoms with Crippen LogP contribution in [0.3, 0.4) is 0 Å². The first kappa shape index (κ1) is 12.6. The third-order valence-corrected chi connectivity index (χ3v) is 2.89. The van der Waals surface area contributed by atoms with Gasteiger partial charge in [0, 0.05) is 24.8 Å². The number of aromatic nitrogens is 1. The van der Waals surface area contributed by atoms with E-state index in [0.717, 1.165) is 11.8 Å². The Hall–Kier alpha value is -1.87. The van der Waals surface area contributed by atoms with Gasteiger partial charge in [-0.3, -0.25) is 4.79 Å². The summed E-state index contributed by atoms with van der Waals surface area (Å²) in [5, 5.41) is 0.716. The highest BCUT2D eigenvalue weighted by Gasteiger charge is 2.08. The van der Waals surface area contributed by atoms with E-state index < -0.39 is 0 Å². The predicted molar refractivity (Wildman–Crippen MR) is 73.2 cm³/mol. The molecule has 2 rings (SSSR count). The summed E-state index contributed by atoms with van der Waals surface area (Å²) in [6.07, 6.45) is 2.50. The van der Waals surface area contributed by atoms with E-state index in [0.29, 0.717) is 22.9 Å². The number of anilines is 1. The topological polar surface area (TPSA) is 33.2 Å². The summed E-state index contributed by atoms with van der Waals surface area (Å²) < 4.78 is 0. The number of hydrogen-bond acceptors (Lipinski definition) is 3. The molecular formula is C14H13ClN2O. The second kappa shape index (κ2) is 5.65. The minimum atomic E-state index is 0.592. The molecule has 0 atom stereocenters. The number of hydrogen-bond donors (Lipinski definition) is 0. The summed E-state index contributed by atoms with van der Waals surface area (Å²) in [5.41, 5.74) is 1.71. The first-order valence-electron chi connectivity index (χ1n) is 5.56. The molecule has 1 aromatic carbocycles. The lowest BCUT2D eigenvalue weighted by Gasteiger charge is -2.19. The van der Waals surface area contributed by atoms with Crippen molar-refractivity contribution in [1.82, 2.24) is 4.98 Å². The summed E-state index contributed by atoms with van der Waals surface area (Å²) in [5.74, 6) is 0.683. The molecular weight excluding hydrogens is 248 g/mol. The highest BCUT2D eigenvalue weighted by Crippen LogP contribution is 2.17. The average molecular weight is 261 g/mol. The molecule has 92 valence electrons. The second-order valence-electron chi connectivity index (χ2n) is 4.02. The molecule has 18 heavy (non-hydrogen) atoms. The zero-order chi connectivity index (χ0) is 13.0. The van der Waals surface area contributed by atoms with Gasteiger partial charge in [0.05, 0.1) is 5.56 Å². The number of rotatable bonds is 4. The Bertz CT molecular complexity index is 540. The molecule has 0 radical (unpaired) electrons. The number of carbonyl (C=O) groups is 1. The van der Waals surface area contributed by atoms with Gasteiger partial charge in [-0.1, -0.05) is 23.7 Å². The normalized spacial score (nSPS) is 10.1. The van der Waals surface area contributed by atoms with E-state index in [9.17, 15) is 4.79 Å². The predicted octanol–water partition coefficient (Wildman–Crippen LogP) is 3.18. The highest BCUT2D eigenvalue weighted by molar-refractivity contribution is 6.30. The van der Waals surface area contributed by atoms with Crippen LogP contribution < -0.4 is 4.90 Å². The van der Waals surface area contributed by atoms with Crippen molar-refractivity contribution in [3.8, 4) is 0 Å². The van der Waals surface area contributed by atoms with Crippen LogP contribution >= 0.6 is 11.6 Å². The first-order chi connectivity index (χ1) is 8.70. The molecule has 0 N–H and O–H groups in total. The number of benzene rings is 1. The Balaban J connectivity index is 2.19. The maximum atomic E-state index is 10.9. The van der Waals surface area contributed by atoms with Crippen molar-refractivity contribution in [1.29, 1.82) is 0 Å². The van der Waals surface area contributed by atoms with E-state index in [4.69, 9.17) is 11.6 Å². The molecule has 4 heteroatoms. The summed E-state index contributed by atoms with van der Waals surface area (Å²) >= 11 is 5.84. The van der Waals surface area contributed by atoms with Crippen LogP contribution in [-0.4, -0.2) is 18.3 Å². The quantitative estimate of drug-likeness (QED) is 0.792. The molecule has 2 aromatic rings. The summed E-state index contributed by atoms with van der Waals surface area (Å²) in [6, 6.07) is 11.1. The van der Waals surface area contributed by atoms with Gasteiger partial charge in [0.2, 0.25) is 0 Å². The van der Waals surface area contributed by atoms with Gasteiger partial charge in [-0.05, 0) is 29.8 Å². The molecule has 0 aliphatic heterocycles. The fourth-order valence-electron chi connectivity index (χ4n) is 1.76. The van der Waals surface area contributed by atoms with E-state index in [2.05, 4.69) is 4.98 Å². The van der Waals surface area contributed by atoms with Crippen LogP contribution in [0, 0.1) is 0 Å². The zero-order valence-corrected chi connectivity index (χ0v) is 10.8. The van der Waals surface area contributed by atoms with Crippen LogP contribution in [0.2, 0.25) is 5.02 Å². The van der Waals surface area contributed by atoms with Crippen molar-refractivity contribution < 1.29 is 4.79 Å². The minimum Gasteiger partial charge on any atom is -0.355 e. The molecule has 1 heterocycles. The molecule has 3 nitrogen and oxygen atoms in total. The molecule has 0 saturated heterocycles. The van der Waals surface area contributed by atoms with Gasteiger partial charge in [0.25, 0.3) is 0 Å². The van der Waals surface area contributed by atoms with Crippen molar-refractivity contribution in [3.05, 3.63) is 58.7 Å². The third kappa shape index (κ3) is 2.87. The van der Waals surface area contributed by atoms with Gasteiger partial charge < -0.3 is 4.90 Å². The second-order valence-corrected chi connectivity index (χ2v) is 4.45. The number of nitrogens with zero attached hydrogens (tertiary/aromatic N) is 2. The van der Waals surface area contributed by atoms with Gasteiger partial charge in [-0.25, -0.2) is 4.98 Å². The Labute approximate surface area is 111 Å². The van der Waals surface area contributed by atoms with Crippen LogP contribution in [0.4, 0.5) is 5.82 Å². The molecule has 1 aromatic heterocycles. The van der Waals surface area contributed by atoms with E-state index in [-0.39, 0.29) is 0 Å². The number of aldehydes is 1. The van der Waals surface area contributed by atoms with Crippen molar-refractivity contribution in [2.75, 3.05) is 11.9 Å². The summed E-state index contributed by atoms with van der Waals surface area (Å²) in [6.45, 7) is 0.676. The van der Waals surface area contributed by atoms with E-state index in [1.54, 1.807) is 18.3 Å². The lowest BCUT2D eigenvalue weighted by atomic mass is 10.2. The standard InChI is InChI=1S/C14H13ClN2O/c1-17(9-11-4-6-13(15)7-5-11)14-12(10-18)3-2-8-16-14/h2-8,10H,9H2,1H3. The van der Waals surface area contributed by atoms with Crippen molar-refractivity contribution >= 4 is 23.7 Å². The number of carbonyl (C=O) groups excluding carboxylic acids is 1. The van der Waals surface area contributed by atoms with Crippen molar-refractivity contribution in [2.45, 2.75) is 6.54 Å². The molecule has 0 spiro atoms. The monoisotopic (exact) mass is 260 g/mol. The Morgan fingerprint density at radius 2 is 2.00 bits per heavy atom. The van der Waals surface area contributed by atoms with Gasteiger partial charge >= 0.3 is 0 Å². The van der Waals surface area contributed by atoms with Crippen LogP contribution in [0.15, 0.2) is 42.6 Å². The van der Waals surface area contributed by atoms with Gasteiger partial charge in [-0.15, -0.1) is 0 Å². The van der Waals surface area contributed by atoms with Crippen LogP contribution in [0.25, 0.3) is 0 Å². The van der Waals surface area contributed by atoms with Crippen molar-refractivity contribution in [2.24, 2.45) is 0 Å². The molecule has 0 saturated carbocycles. The zero-order valence-electron chi connectivity index (χ0n) is 10.0. The van der Waals surface area contributed by atoms with E-state index in [1.165, 1.54) is 0 Å². The Kier molecular flexibility index (Phi) is 3.95. The third-order valence-electron chi connectivity index (χ3n) is 2.64. The van der Waals surface area contributed by atoms with Gasteiger partial charge in [0.15, 0.2) is 6.29 Å². The lowest BCUT2D eigenvalue weighted by molar-refractivity contribution is 0.112. The Morgan fingerprint density at radius 3 is 2.67 bits per heavy atom. The molecule has 0 amide bonds. The Morgan fingerprint density at radius 1 is 1.28 bits per heavy atom. The van der Waals surface area contributed by atoms with Crippen LogP contribution in [-0.2, 0) is 6.54 Å². The maximum absolute atomic E-state index is 10.9. The van der Waals surface area contributed by atoms with Crippen molar-refractivity contribution in [3.63, 3.8) is 0 Å². The van der Waals surface area contributed by atoms with Crippen LogP contribution in [0.5, 0.6) is 0 Å². The molecule has 0 fully saturated rings. The van der Waals surface area contributed by atoms with E-state index >= 15 is 0 Å². The smallest absolute Gasteiger partial charge is 0.153 e. The fraction of sp³-hybridized carbons (Fsp3) is 0.143. The lowest BCUT2D eigenvalue weighted by Crippen LogP contribution is -2.19. The summed E-state index contributed by atoms with van der Waals surface area (Å²) in [4.78, 5) is 17.1. The SMILES string of the molecule is CN(Cc1ccc(Cl)cc1)c1ncccc1C=O. The molecule has 0 aliphatic carbocycles. The van der Waals surface area contributed by atoms with Gasteiger partial charge in [-0.2, -0.15) is 0 Å². The maximum Gasteiger partial charge on any atom is 0.153 e. The summed E-state index contributed by atoms with van der Waals surface area (Å²) in [7, 11) is 1.91. The largest absolute Gasteiger partial charge is 0.355 e. The number of halogens is 1. The molecule has 0 aliphatic rings. The fourth-order valence-corrected chi connectivity index (χ4v) is 1.88. The molecule has 0 unspecified atom stereocenters. The first-order valence-corrected chi connectivity index (χ1v) is 5.94. The number of pyridine rings is 1. The average Bonchev–Trinajstić information content (AvgIpc) is 2.41. The van der Waals surface area contributed by atoms with E-state index in [1.807, 2.05) is 36.2 Å². The minimum absolute atomic E-state index is 0.592. The van der Waals surface area contributed by atoms with Crippen LogP contribution in [0.1, 0.15) is 15.9 Å². The van der Waals surface area contributed by atoms with Gasteiger partial charge in [0.1, 0.15) is 5.82 Å². The highest BCUT2D eigenvalue weighted by atomic mass is 35.5.